The van der Waals surface area contributed by atoms with Gasteiger partial charge in [-0.15, -0.1) is 0 Å². The summed E-state index contributed by atoms with van der Waals surface area (Å²) < 4.78 is 1.50. The van der Waals surface area contributed by atoms with Gasteiger partial charge >= 0.3 is 0 Å². The predicted octanol–water partition coefficient (Wildman–Crippen LogP) is 2.28. The van der Waals surface area contributed by atoms with Crippen LogP contribution in [0.15, 0.2) is 41.5 Å². The Hall–Kier alpha value is -2.77. The Labute approximate surface area is 181 Å². The Balaban J connectivity index is 1.56. The van der Waals surface area contributed by atoms with Crippen molar-refractivity contribution in [3.63, 3.8) is 0 Å². The molecule has 2 aliphatic rings. The fraction of sp³-hybridized carbons (Fsp3) is 0.458. The molecule has 1 atom stereocenters. The third-order valence-corrected chi connectivity index (χ3v) is 6.74. The van der Waals surface area contributed by atoms with Crippen molar-refractivity contribution >= 4 is 16.7 Å². The molecule has 2 saturated heterocycles. The molecular weight excluding hydrogens is 390 g/mol. The van der Waals surface area contributed by atoms with Crippen molar-refractivity contribution in [1.82, 2.24) is 19.9 Å². The monoisotopic (exact) mass is 419 g/mol. The summed E-state index contributed by atoms with van der Waals surface area (Å²) in [6.07, 6.45) is 4.81. The second kappa shape index (κ2) is 8.40. The van der Waals surface area contributed by atoms with E-state index in [1.54, 1.807) is 13.4 Å². The van der Waals surface area contributed by atoms with Gasteiger partial charge in [-0.1, -0.05) is 24.3 Å². The molecule has 0 unspecified atom stereocenters. The number of hydrogen-bond acceptors (Lipinski definition) is 6. The minimum Gasteiger partial charge on any atom is -0.396 e. The lowest BCUT2D eigenvalue weighted by Gasteiger charge is -2.23. The van der Waals surface area contributed by atoms with E-state index in [0.717, 1.165) is 37.3 Å². The first-order valence-electron chi connectivity index (χ1n) is 11.2. The van der Waals surface area contributed by atoms with Gasteiger partial charge in [0.05, 0.1) is 17.5 Å². The quantitative estimate of drug-likeness (QED) is 0.675. The second-order valence-corrected chi connectivity index (χ2v) is 8.82. The van der Waals surface area contributed by atoms with Crippen LogP contribution in [0.1, 0.15) is 30.7 Å². The third kappa shape index (κ3) is 3.83. The predicted molar refractivity (Wildman–Crippen MR) is 122 cm³/mol. The smallest absolute Gasteiger partial charge is 0.264 e. The first kappa shape index (κ1) is 20.2. The maximum Gasteiger partial charge on any atom is 0.264 e. The number of nitrogens with one attached hydrogen (secondary N) is 1. The highest BCUT2D eigenvalue weighted by Crippen LogP contribution is 2.32. The van der Waals surface area contributed by atoms with Crippen LogP contribution in [0.3, 0.4) is 0 Å². The molecule has 2 fully saturated rings. The van der Waals surface area contributed by atoms with Gasteiger partial charge in [-0.3, -0.25) is 4.79 Å². The Bertz CT molecular complexity index is 1140. The van der Waals surface area contributed by atoms with E-state index in [1.165, 1.54) is 23.0 Å². The number of aliphatic hydroxyl groups is 1. The molecule has 2 N–H and O–H groups in total. The molecule has 5 rings (SSSR count). The summed E-state index contributed by atoms with van der Waals surface area (Å²) in [4.78, 5) is 24.5. The molecule has 2 aliphatic heterocycles. The molecule has 162 valence electrons. The topological polar surface area (TPSA) is 83.3 Å². The lowest BCUT2D eigenvalue weighted by molar-refractivity contribution is 0.238. The lowest BCUT2D eigenvalue weighted by atomic mass is 9.89. The number of hydrogen-bond donors (Lipinski definition) is 2. The largest absolute Gasteiger partial charge is 0.396 e. The molecule has 31 heavy (non-hydrogen) atoms. The van der Waals surface area contributed by atoms with Gasteiger partial charge in [0.25, 0.3) is 5.56 Å². The van der Waals surface area contributed by atoms with E-state index in [-0.39, 0.29) is 18.1 Å². The van der Waals surface area contributed by atoms with Crippen LogP contribution in [-0.4, -0.2) is 52.4 Å². The van der Waals surface area contributed by atoms with Crippen LogP contribution in [0.5, 0.6) is 0 Å². The van der Waals surface area contributed by atoms with E-state index >= 15 is 0 Å². The first-order chi connectivity index (χ1) is 15.1. The van der Waals surface area contributed by atoms with Gasteiger partial charge in [-0.25, -0.2) is 9.97 Å². The molecule has 0 radical (unpaired) electrons. The van der Waals surface area contributed by atoms with Crippen LogP contribution in [-0.2, 0) is 7.05 Å². The summed E-state index contributed by atoms with van der Waals surface area (Å²) >= 11 is 0. The minimum absolute atomic E-state index is 0.0900. The lowest BCUT2D eigenvalue weighted by Crippen LogP contribution is -2.26. The van der Waals surface area contributed by atoms with E-state index in [0.29, 0.717) is 29.2 Å². The number of benzene rings is 1. The normalized spacial score (nSPS) is 19.9. The number of pyridine rings is 1. The van der Waals surface area contributed by atoms with Crippen LogP contribution in [0.2, 0.25) is 0 Å². The zero-order valence-corrected chi connectivity index (χ0v) is 17.9. The third-order valence-electron chi connectivity index (χ3n) is 6.74. The maximum absolute atomic E-state index is 12.9. The van der Waals surface area contributed by atoms with Gasteiger partial charge < -0.3 is 19.9 Å². The Morgan fingerprint density at radius 1 is 1.16 bits per heavy atom. The molecule has 7 nitrogen and oxygen atoms in total. The number of nitrogens with zero attached hydrogens (tertiary/aromatic N) is 4. The van der Waals surface area contributed by atoms with Crippen LogP contribution in [0.25, 0.3) is 22.2 Å². The van der Waals surface area contributed by atoms with E-state index < -0.39 is 0 Å². The summed E-state index contributed by atoms with van der Waals surface area (Å²) in [7, 11) is 1.71. The number of fused-ring (bicyclic) bond motifs is 1. The van der Waals surface area contributed by atoms with Crippen molar-refractivity contribution in [2.75, 3.05) is 37.7 Å². The van der Waals surface area contributed by atoms with Crippen molar-refractivity contribution in [2.45, 2.75) is 25.2 Å². The number of piperidine rings is 1. The van der Waals surface area contributed by atoms with Crippen molar-refractivity contribution in [3.05, 3.63) is 52.6 Å². The molecule has 1 aromatic carbocycles. The molecule has 0 amide bonds. The van der Waals surface area contributed by atoms with Crippen LogP contribution >= 0.6 is 0 Å². The van der Waals surface area contributed by atoms with E-state index in [4.69, 9.17) is 4.98 Å². The molecule has 2 aromatic heterocycles. The summed E-state index contributed by atoms with van der Waals surface area (Å²) in [5.41, 5.74) is 3.81. The van der Waals surface area contributed by atoms with E-state index in [1.807, 2.05) is 6.07 Å². The highest BCUT2D eigenvalue weighted by molar-refractivity contribution is 5.91. The van der Waals surface area contributed by atoms with Gasteiger partial charge in [0.15, 0.2) is 0 Å². The van der Waals surface area contributed by atoms with E-state index in [2.05, 4.69) is 39.5 Å². The molecule has 0 spiro atoms. The number of anilines is 1. The number of aromatic nitrogens is 3. The summed E-state index contributed by atoms with van der Waals surface area (Å²) in [5.74, 6) is 1.50. The second-order valence-electron chi connectivity index (χ2n) is 8.82. The fourth-order valence-electron chi connectivity index (χ4n) is 4.84. The van der Waals surface area contributed by atoms with E-state index in [9.17, 15) is 9.90 Å². The molecule has 7 heteroatoms. The summed E-state index contributed by atoms with van der Waals surface area (Å²) in [6, 6.07) is 10.6. The zero-order chi connectivity index (χ0) is 21.4. The molecule has 4 heterocycles. The van der Waals surface area contributed by atoms with Crippen molar-refractivity contribution in [3.8, 4) is 11.3 Å². The fourth-order valence-corrected chi connectivity index (χ4v) is 4.84. The van der Waals surface area contributed by atoms with Crippen LogP contribution < -0.4 is 15.8 Å². The number of aliphatic hydroxyl groups excluding tert-OH is 1. The number of aryl methyl sites for hydroxylation is 1. The minimum atomic E-state index is -0.0900. The van der Waals surface area contributed by atoms with Crippen LogP contribution in [0, 0.1) is 5.92 Å². The van der Waals surface area contributed by atoms with Crippen molar-refractivity contribution in [1.29, 1.82) is 0 Å². The van der Waals surface area contributed by atoms with Gasteiger partial charge in [-0.2, -0.15) is 0 Å². The molecule has 0 aliphatic carbocycles. The molecule has 0 saturated carbocycles. The van der Waals surface area contributed by atoms with Crippen molar-refractivity contribution in [2.24, 2.45) is 13.0 Å². The summed E-state index contributed by atoms with van der Waals surface area (Å²) in [5, 5.41) is 13.6. The van der Waals surface area contributed by atoms with Gasteiger partial charge in [-0.05, 0) is 49.9 Å². The highest BCUT2D eigenvalue weighted by atomic mass is 16.3. The van der Waals surface area contributed by atoms with Crippen LogP contribution in [0.4, 0.5) is 5.82 Å². The summed E-state index contributed by atoms with van der Waals surface area (Å²) in [6.45, 7) is 3.79. The molecule has 0 bridgehead atoms. The average Bonchev–Trinajstić information content (AvgIpc) is 3.31. The van der Waals surface area contributed by atoms with Crippen molar-refractivity contribution < 1.29 is 5.11 Å². The first-order valence-corrected chi connectivity index (χ1v) is 11.2. The standard InChI is InChI=1S/C24H29N5O2/c1-28-15-26-21-12-20(19-4-2-17(3-5-19)18-6-9-25-10-7-18)27-23(22(21)24(28)31)29-11-8-16(13-29)14-30/h2-5,12,15-16,18,25,30H,6-11,13-14H2,1H3/t16-/m0/s1. The van der Waals surface area contributed by atoms with Gasteiger partial charge in [0.1, 0.15) is 11.2 Å². The SMILES string of the molecule is Cn1cnc2cc(-c3ccc(C4CCNCC4)cc3)nc(N3CC[C@H](CO)C3)c2c1=O. The highest BCUT2D eigenvalue weighted by Gasteiger charge is 2.26. The van der Waals surface area contributed by atoms with Gasteiger partial charge in [0.2, 0.25) is 0 Å². The Morgan fingerprint density at radius 2 is 1.94 bits per heavy atom. The zero-order valence-electron chi connectivity index (χ0n) is 17.9. The maximum atomic E-state index is 12.9. The molecular formula is C24H29N5O2. The average molecular weight is 420 g/mol. The van der Waals surface area contributed by atoms with Gasteiger partial charge in [0, 0.05) is 38.2 Å². The molecule has 3 aromatic rings. The Kier molecular flexibility index (Phi) is 5.46. The Morgan fingerprint density at radius 3 is 2.65 bits per heavy atom. The number of rotatable bonds is 4.